The minimum atomic E-state index is -0.188. The lowest BCUT2D eigenvalue weighted by molar-refractivity contribution is -0.116. The highest BCUT2D eigenvalue weighted by Crippen LogP contribution is 2.33. The first-order valence-electron chi connectivity index (χ1n) is 10.3. The zero-order chi connectivity index (χ0) is 22.0. The molecule has 0 aliphatic carbocycles. The number of nitrogens with one attached hydrogen (secondary N) is 2. The van der Waals surface area contributed by atoms with Crippen LogP contribution in [0.1, 0.15) is 38.9 Å². The summed E-state index contributed by atoms with van der Waals surface area (Å²) in [4.78, 5) is 30.0. The fourth-order valence-electron chi connectivity index (χ4n) is 3.44. The molecule has 4 rings (SSSR count). The Morgan fingerprint density at radius 2 is 1.71 bits per heavy atom. The first-order chi connectivity index (χ1) is 14.8. The number of carbonyl (C=O) groups is 1. The summed E-state index contributed by atoms with van der Waals surface area (Å²) in [6.07, 6.45) is 0.237. The molecule has 2 N–H and O–H groups in total. The van der Waals surface area contributed by atoms with E-state index in [1.165, 1.54) is 11.8 Å². The van der Waals surface area contributed by atoms with Crippen LogP contribution in [0.25, 0.3) is 0 Å². The molecule has 1 aliphatic rings. The fraction of sp³-hybridized carbons (Fsp3) is 0.292. The van der Waals surface area contributed by atoms with Crippen molar-refractivity contribution in [1.29, 1.82) is 0 Å². The second kappa shape index (κ2) is 8.59. The van der Waals surface area contributed by atoms with Crippen LogP contribution in [-0.4, -0.2) is 21.2 Å². The average molecular weight is 435 g/mol. The van der Waals surface area contributed by atoms with Crippen LogP contribution in [0.2, 0.25) is 0 Å². The van der Waals surface area contributed by atoms with Crippen LogP contribution in [0.4, 0.5) is 17.1 Å². The molecule has 0 radical (unpaired) electrons. The molecule has 2 aromatic carbocycles. The van der Waals surface area contributed by atoms with Crippen molar-refractivity contribution in [3.63, 3.8) is 0 Å². The molecule has 1 aromatic heterocycles. The Morgan fingerprint density at radius 1 is 1.06 bits per heavy atom. The third-order valence-electron chi connectivity index (χ3n) is 5.11. The standard InChI is InChI=1S/C24H26N4O2S/c1-24(2,3)20-14-22(30)28-19(15-31-23(28)27-20)13-21(29)26-18-11-9-17(10-12-18)25-16-7-5-4-6-8-16/h4-12,14,19,25H,13,15H2,1-3H3,(H,26,29). The molecule has 7 heteroatoms. The molecule has 6 nitrogen and oxygen atoms in total. The topological polar surface area (TPSA) is 76.0 Å². The van der Waals surface area contributed by atoms with Gasteiger partial charge < -0.3 is 10.6 Å². The van der Waals surface area contributed by atoms with Gasteiger partial charge in [0.2, 0.25) is 5.91 Å². The van der Waals surface area contributed by atoms with Crippen LogP contribution >= 0.6 is 11.8 Å². The van der Waals surface area contributed by atoms with Gasteiger partial charge in [-0.1, -0.05) is 50.7 Å². The van der Waals surface area contributed by atoms with E-state index in [1.54, 1.807) is 10.6 Å². The van der Waals surface area contributed by atoms with Crippen molar-refractivity contribution in [2.24, 2.45) is 0 Å². The van der Waals surface area contributed by atoms with E-state index in [1.807, 2.05) is 75.4 Å². The fourth-order valence-corrected chi connectivity index (χ4v) is 4.59. The Labute approximate surface area is 186 Å². The van der Waals surface area contributed by atoms with E-state index in [-0.39, 0.29) is 29.3 Å². The molecule has 0 bridgehead atoms. The largest absolute Gasteiger partial charge is 0.356 e. The predicted molar refractivity (Wildman–Crippen MR) is 126 cm³/mol. The summed E-state index contributed by atoms with van der Waals surface area (Å²) in [5, 5.41) is 6.95. The van der Waals surface area contributed by atoms with Gasteiger partial charge in [0.25, 0.3) is 5.56 Å². The molecule has 1 atom stereocenters. The van der Waals surface area contributed by atoms with E-state index < -0.39 is 0 Å². The van der Waals surface area contributed by atoms with Gasteiger partial charge in [-0.3, -0.25) is 14.2 Å². The molecule has 0 spiro atoms. The summed E-state index contributed by atoms with van der Waals surface area (Å²) in [6.45, 7) is 6.12. The lowest BCUT2D eigenvalue weighted by Crippen LogP contribution is -2.29. The van der Waals surface area contributed by atoms with E-state index >= 15 is 0 Å². The zero-order valence-electron chi connectivity index (χ0n) is 17.9. The molecule has 0 saturated carbocycles. The van der Waals surface area contributed by atoms with Crippen LogP contribution in [0, 0.1) is 0 Å². The minimum Gasteiger partial charge on any atom is -0.356 e. The summed E-state index contributed by atoms with van der Waals surface area (Å²) >= 11 is 1.54. The number of carbonyl (C=O) groups excluding carboxylic acids is 1. The van der Waals surface area contributed by atoms with E-state index in [2.05, 4.69) is 15.6 Å². The second-order valence-electron chi connectivity index (χ2n) is 8.67. The molecule has 0 saturated heterocycles. The molecule has 2 heterocycles. The van der Waals surface area contributed by atoms with Gasteiger partial charge in [-0.05, 0) is 36.4 Å². The van der Waals surface area contributed by atoms with E-state index in [0.717, 1.165) is 22.8 Å². The smallest absolute Gasteiger partial charge is 0.254 e. The van der Waals surface area contributed by atoms with Crippen LogP contribution in [-0.2, 0) is 10.2 Å². The van der Waals surface area contributed by atoms with Crippen LogP contribution in [0.5, 0.6) is 0 Å². The van der Waals surface area contributed by atoms with E-state index in [9.17, 15) is 9.59 Å². The van der Waals surface area contributed by atoms with Crippen LogP contribution in [0.3, 0.4) is 0 Å². The molecule has 31 heavy (non-hydrogen) atoms. The number of anilines is 3. The summed E-state index contributed by atoms with van der Waals surface area (Å²) in [5.74, 6) is 0.553. The first kappa shape index (κ1) is 21.2. The SMILES string of the molecule is CC(C)(C)c1cc(=O)n2c(n1)SCC2CC(=O)Nc1ccc(Nc2ccccc2)cc1. The van der Waals surface area contributed by atoms with Gasteiger partial charge in [-0.2, -0.15) is 0 Å². The first-order valence-corrected chi connectivity index (χ1v) is 11.3. The van der Waals surface area contributed by atoms with E-state index in [0.29, 0.717) is 10.9 Å². The van der Waals surface area contributed by atoms with Crippen molar-refractivity contribution in [2.75, 3.05) is 16.4 Å². The number of benzene rings is 2. The number of fused-ring (bicyclic) bond motifs is 1. The molecule has 1 aliphatic heterocycles. The summed E-state index contributed by atoms with van der Waals surface area (Å²) in [5.41, 5.74) is 3.18. The van der Waals surface area contributed by atoms with Crippen molar-refractivity contribution >= 4 is 34.7 Å². The molecule has 1 amide bonds. The van der Waals surface area contributed by atoms with Crippen LogP contribution < -0.4 is 16.2 Å². The third-order valence-corrected chi connectivity index (χ3v) is 6.21. The Bertz CT molecular complexity index is 1130. The van der Waals surface area contributed by atoms with Crippen molar-refractivity contribution in [2.45, 2.75) is 43.8 Å². The Hall–Kier alpha value is -3.06. The average Bonchev–Trinajstić information content (AvgIpc) is 3.13. The number of nitrogens with zero attached hydrogens (tertiary/aromatic N) is 2. The molecule has 3 aromatic rings. The van der Waals surface area contributed by atoms with E-state index in [4.69, 9.17) is 0 Å². The molecule has 160 valence electrons. The zero-order valence-corrected chi connectivity index (χ0v) is 18.7. The Kier molecular flexibility index (Phi) is 5.87. The number of aromatic nitrogens is 2. The van der Waals surface area contributed by atoms with Crippen molar-refractivity contribution in [3.05, 3.63) is 76.7 Å². The molecular weight excluding hydrogens is 408 g/mol. The van der Waals surface area contributed by atoms with Gasteiger partial charge >= 0.3 is 0 Å². The lowest BCUT2D eigenvalue weighted by Gasteiger charge is -2.19. The summed E-state index contributed by atoms with van der Waals surface area (Å²) < 4.78 is 1.66. The number of thioether (sulfide) groups is 1. The van der Waals surface area contributed by atoms with Crippen LogP contribution in [0.15, 0.2) is 70.6 Å². The third kappa shape index (κ3) is 4.99. The highest BCUT2D eigenvalue weighted by molar-refractivity contribution is 7.99. The minimum absolute atomic E-state index is 0.0888. The number of amides is 1. The maximum absolute atomic E-state index is 12.7. The number of rotatable bonds is 5. The van der Waals surface area contributed by atoms with Gasteiger partial charge in [-0.25, -0.2) is 4.98 Å². The van der Waals surface area contributed by atoms with Gasteiger partial charge in [0, 0.05) is 40.7 Å². The molecule has 0 fully saturated rings. The van der Waals surface area contributed by atoms with Gasteiger partial charge in [0.1, 0.15) is 0 Å². The van der Waals surface area contributed by atoms with Crippen molar-refractivity contribution in [1.82, 2.24) is 9.55 Å². The Morgan fingerprint density at radius 3 is 2.39 bits per heavy atom. The second-order valence-corrected chi connectivity index (χ2v) is 9.65. The Balaban J connectivity index is 1.40. The molecule has 1 unspecified atom stereocenters. The van der Waals surface area contributed by atoms with Gasteiger partial charge in [0.15, 0.2) is 5.16 Å². The number of hydrogen-bond donors (Lipinski definition) is 2. The molecular formula is C24H26N4O2S. The van der Waals surface area contributed by atoms with Crippen molar-refractivity contribution < 1.29 is 4.79 Å². The highest BCUT2D eigenvalue weighted by Gasteiger charge is 2.29. The maximum Gasteiger partial charge on any atom is 0.254 e. The van der Waals surface area contributed by atoms with Gasteiger partial charge in [0.05, 0.1) is 11.7 Å². The summed E-state index contributed by atoms with van der Waals surface area (Å²) in [6, 6.07) is 18.9. The number of hydrogen-bond acceptors (Lipinski definition) is 5. The summed E-state index contributed by atoms with van der Waals surface area (Å²) in [7, 11) is 0. The monoisotopic (exact) mass is 434 g/mol. The number of para-hydroxylation sites is 1. The maximum atomic E-state index is 12.7. The van der Waals surface area contributed by atoms with Gasteiger partial charge in [-0.15, -0.1) is 0 Å². The van der Waals surface area contributed by atoms with Crippen molar-refractivity contribution in [3.8, 4) is 0 Å². The quantitative estimate of drug-likeness (QED) is 0.555. The predicted octanol–water partition coefficient (Wildman–Crippen LogP) is 4.96. The highest BCUT2D eigenvalue weighted by atomic mass is 32.2. The normalized spacial score (nSPS) is 15.4. The lowest BCUT2D eigenvalue weighted by atomic mass is 9.92.